The molecule has 3 aliphatic rings. The number of rotatable bonds is 7. The summed E-state index contributed by atoms with van der Waals surface area (Å²) in [5.41, 5.74) is 2.42. The van der Waals surface area contributed by atoms with Crippen LogP contribution in [-0.2, 0) is 14.3 Å². The first-order valence-corrected chi connectivity index (χ1v) is 11.7. The second-order valence-corrected chi connectivity index (χ2v) is 9.18. The normalized spacial score (nSPS) is 22.4. The van der Waals surface area contributed by atoms with Gasteiger partial charge < -0.3 is 24.8 Å². The monoisotopic (exact) mass is 569 g/mol. The summed E-state index contributed by atoms with van der Waals surface area (Å²) in [5.74, 6) is 1.79. The van der Waals surface area contributed by atoms with Gasteiger partial charge in [-0.2, -0.15) is 0 Å². The van der Waals surface area contributed by atoms with Crippen molar-refractivity contribution in [2.45, 2.75) is 31.6 Å². The number of anilines is 1. The summed E-state index contributed by atoms with van der Waals surface area (Å²) in [5, 5.41) is 3.52. The molecule has 3 heterocycles. The van der Waals surface area contributed by atoms with Crippen molar-refractivity contribution >= 4 is 47.4 Å². The van der Waals surface area contributed by atoms with Gasteiger partial charge in [-0.25, -0.2) is 4.99 Å². The average Bonchev–Trinajstić information content (AvgIpc) is 3.53. The molecule has 2 atom stereocenters. The number of carbonyl (C=O) groups is 2. The SMILES string of the molecule is CN(C)C(=O)CN=C(NCC1CCOC1)N1CC(CCN2CCCC2=O)c2ccccc21.I. The van der Waals surface area contributed by atoms with E-state index in [-0.39, 0.29) is 42.3 Å². The lowest BCUT2D eigenvalue weighted by molar-refractivity contribution is -0.128. The fraction of sp³-hybridized carbons (Fsp3) is 0.625. The van der Waals surface area contributed by atoms with Crippen LogP contribution in [0.4, 0.5) is 5.69 Å². The number of hydrogen-bond acceptors (Lipinski definition) is 4. The number of likely N-dealkylation sites (tertiary alicyclic amines) is 1. The third-order valence-electron chi connectivity index (χ3n) is 6.68. The minimum atomic E-state index is -0.0231. The minimum Gasteiger partial charge on any atom is -0.381 e. The number of halogens is 1. The van der Waals surface area contributed by atoms with E-state index in [1.165, 1.54) is 5.56 Å². The highest BCUT2D eigenvalue weighted by atomic mass is 127. The van der Waals surface area contributed by atoms with E-state index < -0.39 is 0 Å². The lowest BCUT2D eigenvalue weighted by Gasteiger charge is -2.25. The van der Waals surface area contributed by atoms with E-state index in [1.54, 1.807) is 19.0 Å². The van der Waals surface area contributed by atoms with Crippen LogP contribution in [-0.4, -0.2) is 87.6 Å². The topological polar surface area (TPSA) is 77.5 Å². The first kappa shape index (κ1) is 25.7. The van der Waals surface area contributed by atoms with Gasteiger partial charge in [0.05, 0.1) is 6.61 Å². The molecule has 9 heteroatoms. The molecule has 0 aromatic heterocycles. The Hall–Kier alpha value is -1.88. The Kier molecular flexibility index (Phi) is 9.37. The van der Waals surface area contributed by atoms with Gasteiger partial charge in [-0.05, 0) is 30.9 Å². The summed E-state index contributed by atoms with van der Waals surface area (Å²) in [7, 11) is 3.50. The number of hydrogen-bond donors (Lipinski definition) is 1. The zero-order valence-electron chi connectivity index (χ0n) is 19.7. The van der Waals surface area contributed by atoms with Crippen LogP contribution in [0.15, 0.2) is 29.3 Å². The van der Waals surface area contributed by atoms with E-state index in [2.05, 4.69) is 28.4 Å². The molecule has 0 saturated carbocycles. The number of benzene rings is 1. The summed E-state index contributed by atoms with van der Waals surface area (Å²) in [6, 6.07) is 8.43. The number of para-hydroxylation sites is 1. The van der Waals surface area contributed by atoms with Crippen LogP contribution in [0.2, 0.25) is 0 Å². The Labute approximate surface area is 213 Å². The van der Waals surface area contributed by atoms with Crippen molar-refractivity contribution in [1.82, 2.24) is 15.1 Å². The van der Waals surface area contributed by atoms with Crippen LogP contribution in [0, 0.1) is 5.92 Å². The van der Waals surface area contributed by atoms with Crippen molar-refractivity contribution < 1.29 is 14.3 Å². The largest absolute Gasteiger partial charge is 0.381 e. The van der Waals surface area contributed by atoms with Crippen LogP contribution in [0.5, 0.6) is 0 Å². The number of amides is 2. The van der Waals surface area contributed by atoms with Gasteiger partial charge in [-0.1, -0.05) is 18.2 Å². The van der Waals surface area contributed by atoms with Gasteiger partial charge in [-0.15, -0.1) is 24.0 Å². The van der Waals surface area contributed by atoms with Crippen LogP contribution in [0.25, 0.3) is 0 Å². The lowest BCUT2D eigenvalue weighted by atomic mass is 9.98. The first-order chi connectivity index (χ1) is 15.5. The molecule has 2 amide bonds. The third-order valence-corrected chi connectivity index (χ3v) is 6.68. The number of ether oxygens (including phenoxy) is 1. The zero-order valence-corrected chi connectivity index (χ0v) is 22.0. The van der Waals surface area contributed by atoms with E-state index in [4.69, 9.17) is 9.73 Å². The minimum absolute atomic E-state index is 0. The summed E-state index contributed by atoms with van der Waals surface area (Å²) < 4.78 is 5.52. The van der Waals surface area contributed by atoms with E-state index in [0.717, 1.165) is 70.3 Å². The Morgan fingerprint density at radius 2 is 2.12 bits per heavy atom. The highest BCUT2D eigenvalue weighted by Gasteiger charge is 2.32. The predicted molar refractivity (Wildman–Crippen MR) is 140 cm³/mol. The average molecular weight is 569 g/mol. The second kappa shape index (κ2) is 12.0. The standard InChI is InChI=1S/C24H35N5O3.HI/c1-27(2)23(31)15-26-24(25-14-18-10-13-32-17-18)29-16-19(20-6-3-4-7-21(20)29)9-12-28-11-5-8-22(28)30;/h3-4,6-7,18-19H,5,8-17H2,1-2H3,(H,25,26);1H. The molecule has 2 fully saturated rings. The van der Waals surface area contributed by atoms with Crippen LogP contribution in [0.3, 0.4) is 0 Å². The summed E-state index contributed by atoms with van der Waals surface area (Å²) in [6.45, 7) is 4.93. The van der Waals surface area contributed by atoms with Gasteiger partial charge in [0.25, 0.3) is 0 Å². The molecule has 182 valence electrons. The molecule has 8 nitrogen and oxygen atoms in total. The molecule has 3 aliphatic heterocycles. The predicted octanol–water partition coefficient (Wildman–Crippen LogP) is 2.29. The van der Waals surface area contributed by atoms with Crippen LogP contribution in [0.1, 0.15) is 37.2 Å². The van der Waals surface area contributed by atoms with E-state index >= 15 is 0 Å². The molecule has 1 N–H and O–H groups in total. The number of aliphatic imine (C=N–C) groups is 1. The molecule has 1 aromatic rings. The van der Waals surface area contributed by atoms with Crippen molar-refractivity contribution in [3.63, 3.8) is 0 Å². The maximum absolute atomic E-state index is 12.2. The first-order valence-electron chi connectivity index (χ1n) is 11.7. The number of fused-ring (bicyclic) bond motifs is 1. The lowest BCUT2D eigenvalue weighted by Crippen LogP contribution is -2.44. The smallest absolute Gasteiger partial charge is 0.243 e. The van der Waals surface area contributed by atoms with Gasteiger partial charge in [0, 0.05) is 70.8 Å². The molecule has 0 spiro atoms. The number of guanidine groups is 1. The third kappa shape index (κ3) is 6.38. The number of nitrogens with zero attached hydrogens (tertiary/aromatic N) is 4. The van der Waals surface area contributed by atoms with Crippen molar-refractivity contribution in [3.05, 3.63) is 29.8 Å². The summed E-state index contributed by atoms with van der Waals surface area (Å²) >= 11 is 0. The fourth-order valence-corrected chi connectivity index (χ4v) is 4.70. The van der Waals surface area contributed by atoms with Crippen molar-refractivity contribution in [2.24, 2.45) is 10.9 Å². The number of carbonyl (C=O) groups excluding carboxylic acids is 2. The molecular weight excluding hydrogens is 533 g/mol. The molecular formula is C24H36IN5O3. The van der Waals surface area contributed by atoms with Gasteiger partial charge in [0.1, 0.15) is 6.54 Å². The second-order valence-electron chi connectivity index (χ2n) is 9.18. The quantitative estimate of drug-likeness (QED) is 0.310. The van der Waals surface area contributed by atoms with E-state index in [9.17, 15) is 9.59 Å². The highest BCUT2D eigenvalue weighted by molar-refractivity contribution is 14.0. The van der Waals surface area contributed by atoms with Crippen molar-refractivity contribution in [3.8, 4) is 0 Å². The molecule has 33 heavy (non-hydrogen) atoms. The highest BCUT2D eigenvalue weighted by Crippen LogP contribution is 2.38. The molecule has 0 radical (unpaired) electrons. The number of nitrogens with one attached hydrogen (secondary N) is 1. The summed E-state index contributed by atoms with van der Waals surface area (Å²) in [6.07, 6.45) is 3.62. The van der Waals surface area contributed by atoms with Crippen LogP contribution >= 0.6 is 24.0 Å². The molecule has 2 saturated heterocycles. The zero-order chi connectivity index (χ0) is 22.5. The molecule has 0 bridgehead atoms. The van der Waals surface area contributed by atoms with Gasteiger partial charge in [0.15, 0.2) is 5.96 Å². The van der Waals surface area contributed by atoms with Crippen molar-refractivity contribution in [2.75, 3.05) is 64.9 Å². The van der Waals surface area contributed by atoms with Gasteiger partial charge in [-0.3, -0.25) is 9.59 Å². The Bertz CT molecular complexity index is 856. The fourth-order valence-electron chi connectivity index (χ4n) is 4.70. The molecule has 0 aliphatic carbocycles. The van der Waals surface area contributed by atoms with Crippen LogP contribution < -0.4 is 10.2 Å². The Balaban J connectivity index is 0.00000306. The van der Waals surface area contributed by atoms with E-state index in [0.29, 0.717) is 18.3 Å². The number of likely N-dealkylation sites (N-methyl/N-ethyl adjacent to an activating group) is 1. The summed E-state index contributed by atoms with van der Waals surface area (Å²) in [4.78, 5) is 34.8. The molecule has 1 aromatic carbocycles. The van der Waals surface area contributed by atoms with Gasteiger partial charge in [0.2, 0.25) is 11.8 Å². The van der Waals surface area contributed by atoms with Gasteiger partial charge >= 0.3 is 0 Å². The molecule has 4 rings (SSSR count). The maximum Gasteiger partial charge on any atom is 0.243 e. The Morgan fingerprint density at radius 3 is 2.82 bits per heavy atom. The van der Waals surface area contributed by atoms with E-state index in [1.807, 2.05) is 11.0 Å². The molecule has 2 unspecified atom stereocenters. The van der Waals surface area contributed by atoms with Crippen molar-refractivity contribution in [1.29, 1.82) is 0 Å². The Morgan fingerprint density at radius 1 is 1.30 bits per heavy atom. The maximum atomic E-state index is 12.2.